The molecule has 1 aromatic heterocycles. The third-order valence-electron chi connectivity index (χ3n) is 4.71. The van der Waals surface area contributed by atoms with E-state index in [9.17, 15) is 4.79 Å². The first kappa shape index (κ1) is 19.2. The average molecular weight is 413 g/mol. The zero-order valence-electron chi connectivity index (χ0n) is 15.8. The fourth-order valence-corrected chi connectivity index (χ4v) is 3.45. The minimum atomic E-state index is -0.0308. The standard InChI is InChI=1S/C20H21ClN6O2/c21-17-8-4-5-9-18(17)25-10-12-26(13-11-25)20(28)14-27-23-19(22-24-27)15-29-16-6-2-1-3-7-16/h1-9H,10-15H2. The Morgan fingerprint density at radius 1 is 1.00 bits per heavy atom. The molecule has 1 fully saturated rings. The van der Waals surface area contributed by atoms with Crippen molar-refractivity contribution in [1.82, 2.24) is 25.1 Å². The van der Waals surface area contributed by atoms with Crippen LogP contribution in [0.3, 0.4) is 0 Å². The van der Waals surface area contributed by atoms with E-state index in [0.717, 1.165) is 29.5 Å². The number of amides is 1. The quantitative estimate of drug-likeness (QED) is 0.618. The molecule has 3 aromatic rings. The molecule has 0 unspecified atom stereocenters. The number of carbonyl (C=O) groups excluding carboxylic acids is 1. The number of nitrogens with zero attached hydrogens (tertiary/aromatic N) is 6. The highest BCUT2D eigenvalue weighted by molar-refractivity contribution is 6.33. The number of rotatable bonds is 6. The summed E-state index contributed by atoms with van der Waals surface area (Å²) in [7, 11) is 0. The van der Waals surface area contributed by atoms with Gasteiger partial charge in [-0.05, 0) is 29.5 Å². The van der Waals surface area contributed by atoms with Gasteiger partial charge in [-0.2, -0.15) is 4.80 Å². The molecule has 150 valence electrons. The first-order valence-corrected chi connectivity index (χ1v) is 9.78. The Hall–Kier alpha value is -3.13. The Bertz CT molecular complexity index is 956. The lowest BCUT2D eigenvalue weighted by atomic mass is 10.2. The summed E-state index contributed by atoms with van der Waals surface area (Å²) in [4.78, 5) is 17.9. The van der Waals surface area contributed by atoms with Gasteiger partial charge in [0.25, 0.3) is 0 Å². The third-order valence-corrected chi connectivity index (χ3v) is 5.03. The first-order valence-electron chi connectivity index (χ1n) is 9.41. The fraction of sp³-hybridized carbons (Fsp3) is 0.300. The molecule has 9 heteroatoms. The predicted octanol–water partition coefficient (Wildman–Crippen LogP) is 2.25. The zero-order chi connectivity index (χ0) is 20.1. The average Bonchev–Trinajstić information content (AvgIpc) is 3.21. The molecule has 1 aliphatic rings. The van der Waals surface area contributed by atoms with E-state index in [-0.39, 0.29) is 19.1 Å². The lowest BCUT2D eigenvalue weighted by Gasteiger charge is -2.36. The number of halogens is 1. The van der Waals surface area contributed by atoms with Gasteiger partial charge in [0, 0.05) is 26.2 Å². The molecule has 0 bridgehead atoms. The van der Waals surface area contributed by atoms with Crippen LogP contribution in [0.4, 0.5) is 5.69 Å². The van der Waals surface area contributed by atoms with Crippen LogP contribution >= 0.6 is 11.6 Å². The second-order valence-corrected chi connectivity index (χ2v) is 7.06. The van der Waals surface area contributed by atoms with Crippen LogP contribution in [0.25, 0.3) is 0 Å². The van der Waals surface area contributed by atoms with Crippen molar-refractivity contribution in [3.63, 3.8) is 0 Å². The maximum atomic E-state index is 12.6. The van der Waals surface area contributed by atoms with Gasteiger partial charge in [0.05, 0.1) is 10.7 Å². The second-order valence-electron chi connectivity index (χ2n) is 6.66. The Morgan fingerprint density at radius 2 is 1.72 bits per heavy atom. The van der Waals surface area contributed by atoms with Crippen LogP contribution < -0.4 is 9.64 Å². The Morgan fingerprint density at radius 3 is 2.48 bits per heavy atom. The summed E-state index contributed by atoms with van der Waals surface area (Å²) in [6, 6.07) is 17.2. The highest BCUT2D eigenvalue weighted by Crippen LogP contribution is 2.26. The van der Waals surface area contributed by atoms with Gasteiger partial charge in [-0.15, -0.1) is 10.2 Å². The molecular weight excluding hydrogens is 392 g/mol. The molecule has 2 aromatic carbocycles. The number of anilines is 1. The number of hydrogen-bond acceptors (Lipinski definition) is 6. The van der Waals surface area contributed by atoms with E-state index in [1.54, 1.807) is 0 Å². The van der Waals surface area contributed by atoms with Gasteiger partial charge in [-0.25, -0.2) is 0 Å². The molecule has 8 nitrogen and oxygen atoms in total. The minimum absolute atomic E-state index is 0.0308. The molecule has 4 rings (SSSR count). The molecule has 1 aliphatic heterocycles. The van der Waals surface area contributed by atoms with Crippen LogP contribution in [-0.4, -0.2) is 57.2 Å². The number of tetrazole rings is 1. The molecule has 0 N–H and O–H groups in total. The summed E-state index contributed by atoms with van der Waals surface area (Å²) in [6.07, 6.45) is 0. The lowest BCUT2D eigenvalue weighted by molar-refractivity contribution is -0.132. The largest absolute Gasteiger partial charge is 0.485 e. The second kappa shape index (κ2) is 8.91. The van der Waals surface area contributed by atoms with Gasteiger partial charge in [0.1, 0.15) is 12.3 Å². The van der Waals surface area contributed by atoms with E-state index in [0.29, 0.717) is 18.9 Å². The predicted molar refractivity (Wildman–Crippen MR) is 109 cm³/mol. The lowest BCUT2D eigenvalue weighted by Crippen LogP contribution is -2.49. The van der Waals surface area contributed by atoms with Crippen molar-refractivity contribution in [2.24, 2.45) is 0 Å². The topological polar surface area (TPSA) is 76.4 Å². The van der Waals surface area contributed by atoms with E-state index in [2.05, 4.69) is 20.3 Å². The zero-order valence-corrected chi connectivity index (χ0v) is 16.6. The van der Waals surface area contributed by atoms with Crippen molar-refractivity contribution in [3.05, 3.63) is 65.4 Å². The molecule has 0 aliphatic carbocycles. The maximum absolute atomic E-state index is 12.6. The summed E-state index contributed by atoms with van der Waals surface area (Å²) in [6.45, 7) is 2.98. The summed E-state index contributed by atoms with van der Waals surface area (Å²) in [5.41, 5.74) is 1.00. The van der Waals surface area contributed by atoms with Crippen molar-refractivity contribution in [2.75, 3.05) is 31.1 Å². The van der Waals surface area contributed by atoms with E-state index in [1.807, 2.05) is 59.5 Å². The van der Waals surface area contributed by atoms with Gasteiger partial charge in [0.2, 0.25) is 11.7 Å². The maximum Gasteiger partial charge on any atom is 0.246 e. The highest BCUT2D eigenvalue weighted by atomic mass is 35.5. The molecule has 1 saturated heterocycles. The summed E-state index contributed by atoms with van der Waals surface area (Å²) in [5.74, 6) is 1.14. The molecule has 29 heavy (non-hydrogen) atoms. The highest BCUT2D eigenvalue weighted by Gasteiger charge is 2.23. The Kier molecular flexibility index (Phi) is 5.90. The van der Waals surface area contributed by atoms with Crippen molar-refractivity contribution in [3.8, 4) is 5.75 Å². The van der Waals surface area contributed by atoms with Crippen molar-refractivity contribution >= 4 is 23.2 Å². The number of aromatic nitrogens is 4. The van der Waals surface area contributed by atoms with Crippen molar-refractivity contribution in [2.45, 2.75) is 13.2 Å². The van der Waals surface area contributed by atoms with E-state index in [4.69, 9.17) is 16.3 Å². The summed E-state index contributed by atoms with van der Waals surface area (Å²) < 4.78 is 5.60. The summed E-state index contributed by atoms with van der Waals surface area (Å²) in [5, 5.41) is 12.9. The van der Waals surface area contributed by atoms with Crippen LogP contribution in [-0.2, 0) is 17.9 Å². The van der Waals surface area contributed by atoms with Gasteiger partial charge in [-0.3, -0.25) is 4.79 Å². The summed E-state index contributed by atoms with van der Waals surface area (Å²) >= 11 is 6.27. The van der Waals surface area contributed by atoms with E-state index < -0.39 is 0 Å². The fourth-order valence-electron chi connectivity index (χ4n) is 3.19. The minimum Gasteiger partial charge on any atom is -0.485 e. The Balaban J connectivity index is 1.27. The van der Waals surface area contributed by atoms with Gasteiger partial charge < -0.3 is 14.5 Å². The van der Waals surface area contributed by atoms with Crippen LogP contribution in [0, 0.1) is 0 Å². The van der Waals surface area contributed by atoms with Crippen molar-refractivity contribution in [1.29, 1.82) is 0 Å². The van der Waals surface area contributed by atoms with Gasteiger partial charge >= 0.3 is 0 Å². The number of para-hydroxylation sites is 2. The van der Waals surface area contributed by atoms with Gasteiger partial charge in [-0.1, -0.05) is 41.9 Å². The number of hydrogen-bond donors (Lipinski definition) is 0. The van der Waals surface area contributed by atoms with Crippen LogP contribution in [0.5, 0.6) is 5.75 Å². The van der Waals surface area contributed by atoms with Crippen LogP contribution in [0.2, 0.25) is 5.02 Å². The first-order chi connectivity index (χ1) is 14.2. The third kappa shape index (κ3) is 4.83. The van der Waals surface area contributed by atoms with E-state index in [1.165, 1.54) is 4.80 Å². The SMILES string of the molecule is O=C(Cn1nnc(COc2ccccc2)n1)N1CCN(c2ccccc2Cl)CC1. The molecule has 0 spiro atoms. The molecule has 0 atom stereocenters. The van der Waals surface area contributed by atoms with Crippen LogP contribution in [0.1, 0.15) is 5.82 Å². The monoisotopic (exact) mass is 412 g/mol. The number of carbonyl (C=O) groups is 1. The number of piperazine rings is 1. The number of ether oxygens (including phenoxy) is 1. The molecular formula is C20H21ClN6O2. The van der Waals surface area contributed by atoms with Crippen molar-refractivity contribution < 1.29 is 9.53 Å². The van der Waals surface area contributed by atoms with Crippen LogP contribution in [0.15, 0.2) is 54.6 Å². The molecule has 2 heterocycles. The molecule has 0 radical (unpaired) electrons. The molecule has 0 saturated carbocycles. The smallest absolute Gasteiger partial charge is 0.246 e. The normalized spacial score (nSPS) is 14.1. The van der Waals surface area contributed by atoms with E-state index >= 15 is 0 Å². The Labute approximate surface area is 173 Å². The molecule has 1 amide bonds. The number of benzene rings is 2. The van der Waals surface area contributed by atoms with Gasteiger partial charge in [0.15, 0.2) is 6.61 Å².